The molecule has 0 saturated carbocycles. The van der Waals surface area contributed by atoms with Crippen LogP contribution in [0.25, 0.3) is 0 Å². The lowest BCUT2D eigenvalue weighted by Gasteiger charge is -2.40. The maximum Gasteiger partial charge on any atom is 0.121 e. The molecule has 7 aromatic rings. The van der Waals surface area contributed by atoms with E-state index in [4.69, 9.17) is 4.98 Å². The van der Waals surface area contributed by atoms with E-state index in [9.17, 15) is 5.11 Å². The first-order valence-electron chi connectivity index (χ1n) is 16.5. The highest BCUT2D eigenvalue weighted by molar-refractivity contribution is 5.52. The van der Waals surface area contributed by atoms with Crippen molar-refractivity contribution < 1.29 is 5.11 Å². The summed E-state index contributed by atoms with van der Waals surface area (Å²) >= 11 is 0. The number of nitrogens with one attached hydrogen (secondary N) is 1. The first-order valence-corrected chi connectivity index (χ1v) is 16.5. The highest BCUT2D eigenvalue weighted by atomic mass is 16.3. The second-order valence-corrected chi connectivity index (χ2v) is 12.2. The maximum atomic E-state index is 11.0. The van der Waals surface area contributed by atoms with Crippen LogP contribution >= 0.6 is 0 Å². The zero-order valence-corrected chi connectivity index (χ0v) is 26.8. The van der Waals surface area contributed by atoms with E-state index in [1.54, 1.807) is 0 Å². The molecule has 0 amide bonds. The summed E-state index contributed by atoms with van der Waals surface area (Å²) in [5.41, 5.74) is 6.24. The number of hydrogen-bond acceptors (Lipinski definition) is 3. The van der Waals surface area contributed by atoms with Crippen LogP contribution in [0.15, 0.2) is 195 Å². The van der Waals surface area contributed by atoms with Crippen LogP contribution in [-0.4, -0.2) is 27.3 Å². The van der Waals surface area contributed by atoms with Crippen LogP contribution in [-0.2, 0) is 17.5 Å². The summed E-state index contributed by atoms with van der Waals surface area (Å²) < 4.78 is 2.23. The lowest BCUT2D eigenvalue weighted by Crippen LogP contribution is -2.51. The maximum absolute atomic E-state index is 11.0. The molecule has 0 fully saturated rings. The molecule has 7 rings (SSSR count). The summed E-state index contributed by atoms with van der Waals surface area (Å²) in [6.07, 6.45) is 4.61. The molecule has 0 aliphatic carbocycles. The van der Waals surface area contributed by atoms with Gasteiger partial charge in [0.25, 0.3) is 0 Å². The molecule has 1 atom stereocenters. The largest absolute Gasteiger partial charge is 0.395 e. The van der Waals surface area contributed by atoms with E-state index in [0.29, 0.717) is 6.42 Å². The van der Waals surface area contributed by atoms with Crippen LogP contribution in [0.4, 0.5) is 0 Å². The molecule has 4 heteroatoms. The number of aromatic nitrogens is 2. The van der Waals surface area contributed by atoms with Crippen molar-refractivity contribution in [2.75, 3.05) is 6.61 Å². The minimum Gasteiger partial charge on any atom is -0.395 e. The summed E-state index contributed by atoms with van der Waals surface area (Å²) in [5.74, 6) is 0. The van der Waals surface area contributed by atoms with Crippen LogP contribution < -0.4 is 5.32 Å². The Bertz CT molecular complexity index is 1800. The van der Waals surface area contributed by atoms with Crippen molar-refractivity contribution in [2.45, 2.75) is 23.5 Å². The smallest absolute Gasteiger partial charge is 0.121 e. The summed E-state index contributed by atoms with van der Waals surface area (Å²) in [4.78, 5) is 5.01. The van der Waals surface area contributed by atoms with Gasteiger partial charge >= 0.3 is 0 Å². The van der Waals surface area contributed by atoms with Gasteiger partial charge in [-0.15, -0.1) is 0 Å². The first kappa shape index (κ1) is 31.1. The number of imidazole rings is 1. The normalized spacial score (nSPS) is 12.4. The number of hydrogen-bond donors (Lipinski definition) is 2. The number of rotatable bonds is 12. The van der Waals surface area contributed by atoms with E-state index in [2.05, 4.69) is 180 Å². The van der Waals surface area contributed by atoms with Gasteiger partial charge in [-0.25, -0.2) is 4.98 Å². The SMILES string of the molecule is OC[C@H](Cc1cn(C(c2ccccc2)(c2ccccc2)c2ccccc2)cn1)NC(c1ccccc1)(c1ccccc1)c1ccccc1. The Morgan fingerprint density at radius 2 is 0.833 bits per heavy atom. The molecule has 0 bridgehead atoms. The molecule has 0 radical (unpaired) electrons. The fraction of sp³-hybridized carbons (Fsp3) is 0.114. The summed E-state index contributed by atoms with van der Waals surface area (Å²) in [6.45, 7) is -0.0672. The Hall–Kier alpha value is -5.55. The average molecular weight is 626 g/mol. The molecule has 0 saturated heterocycles. The highest BCUT2D eigenvalue weighted by Crippen LogP contribution is 2.41. The monoisotopic (exact) mass is 625 g/mol. The van der Waals surface area contributed by atoms with Crippen LogP contribution in [0.3, 0.4) is 0 Å². The van der Waals surface area contributed by atoms with Crippen molar-refractivity contribution in [3.05, 3.63) is 234 Å². The second kappa shape index (κ2) is 14.1. The van der Waals surface area contributed by atoms with Crippen molar-refractivity contribution >= 4 is 0 Å². The minimum absolute atomic E-state index is 0.0672. The Balaban J connectivity index is 1.33. The van der Waals surface area contributed by atoms with Crippen molar-refractivity contribution in [2.24, 2.45) is 0 Å². The van der Waals surface area contributed by atoms with Gasteiger partial charge < -0.3 is 9.67 Å². The Morgan fingerprint density at radius 3 is 1.17 bits per heavy atom. The van der Waals surface area contributed by atoms with Gasteiger partial charge in [0.05, 0.1) is 24.2 Å². The first-order chi connectivity index (χ1) is 23.7. The van der Waals surface area contributed by atoms with Gasteiger partial charge in [-0.1, -0.05) is 182 Å². The fourth-order valence-corrected chi connectivity index (χ4v) is 7.17. The van der Waals surface area contributed by atoms with Gasteiger partial charge in [0.2, 0.25) is 0 Å². The van der Waals surface area contributed by atoms with Crippen molar-refractivity contribution in [1.82, 2.24) is 14.9 Å². The highest BCUT2D eigenvalue weighted by Gasteiger charge is 2.40. The number of aliphatic hydroxyl groups excluding tert-OH is 1. The molecule has 4 nitrogen and oxygen atoms in total. The van der Waals surface area contributed by atoms with E-state index in [0.717, 1.165) is 39.1 Å². The number of nitrogens with zero attached hydrogens (tertiary/aromatic N) is 2. The van der Waals surface area contributed by atoms with Gasteiger partial charge in [0.15, 0.2) is 0 Å². The zero-order chi connectivity index (χ0) is 32.7. The minimum atomic E-state index is -0.707. The number of aliphatic hydroxyl groups is 1. The van der Waals surface area contributed by atoms with Crippen LogP contribution in [0.1, 0.15) is 39.1 Å². The summed E-state index contributed by atoms with van der Waals surface area (Å²) in [7, 11) is 0. The predicted molar refractivity (Wildman–Crippen MR) is 194 cm³/mol. The predicted octanol–water partition coefficient (Wildman–Crippen LogP) is 8.21. The van der Waals surface area contributed by atoms with Gasteiger partial charge in [0.1, 0.15) is 5.54 Å². The third kappa shape index (κ3) is 5.77. The van der Waals surface area contributed by atoms with Crippen molar-refractivity contribution in [1.29, 1.82) is 0 Å². The third-order valence-corrected chi connectivity index (χ3v) is 9.32. The van der Waals surface area contributed by atoms with Crippen LogP contribution in [0, 0.1) is 0 Å². The molecule has 6 aromatic carbocycles. The lowest BCUT2D eigenvalue weighted by atomic mass is 9.76. The van der Waals surface area contributed by atoms with Gasteiger partial charge in [0, 0.05) is 18.7 Å². The molecule has 2 N–H and O–H groups in total. The van der Waals surface area contributed by atoms with E-state index in [1.165, 1.54) is 0 Å². The molecule has 0 aliphatic rings. The van der Waals surface area contributed by atoms with E-state index in [1.807, 2.05) is 24.5 Å². The third-order valence-electron chi connectivity index (χ3n) is 9.32. The molecule has 236 valence electrons. The summed E-state index contributed by atoms with van der Waals surface area (Å²) in [6, 6.07) is 63.0. The molecule has 1 aromatic heterocycles. The summed E-state index contributed by atoms with van der Waals surface area (Å²) in [5, 5.41) is 15.0. The molecule has 0 aliphatic heterocycles. The fourth-order valence-electron chi connectivity index (χ4n) is 7.17. The Kier molecular flexibility index (Phi) is 9.10. The second-order valence-electron chi connectivity index (χ2n) is 12.2. The van der Waals surface area contributed by atoms with Gasteiger partial charge in [-0.2, -0.15) is 0 Å². The van der Waals surface area contributed by atoms with Gasteiger partial charge in [-0.3, -0.25) is 5.32 Å². The molecular weight excluding hydrogens is 587 g/mol. The van der Waals surface area contributed by atoms with E-state index < -0.39 is 11.1 Å². The topological polar surface area (TPSA) is 50.1 Å². The zero-order valence-electron chi connectivity index (χ0n) is 26.8. The standard InChI is InChI=1S/C44H39N3O/c48-33-42(46-43(35-19-7-1-8-20-35,36-21-9-2-10-22-36)37-23-11-3-12-24-37)31-41-32-47(34-45-41)44(38-25-13-4-14-26-38,39-27-15-5-16-28-39)40-29-17-6-18-30-40/h1-30,32,34,42,46,48H,31,33H2/t42-/m0/s1. The molecule has 48 heavy (non-hydrogen) atoms. The number of benzene rings is 6. The van der Waals surface area contributed by atoms with E-state index >= 15 is 0 Å². The van der Waals surface area contributed by atoms with Crippen LogP contribution in [0.2, 0.25) is 0 Å². The lowest BCUT2D eigenvalue weighted by molar-refractivity contribution is 0.220. The Labute approximate surface area is 283 Å². The molecule has 0 spiro atoms. The molecule has 0 unspecified atom stereocenters. The Morgan fingerprint density at radius 1 is 0.500 bits per heavy atom. The van der Waals surface area contributed by atoms with Gasteiger partial charge in [-0.05, 0) is 33.4 Å². The van der Waals surface area contributed by atoms with E-state index in [-0.39, 0.29) is 12.6 Å². The molecule has 1 heterocycles. The quantitative estimate of drug-likeness (QED) is 0.135. The van der Waals surface area contributed by atoms with Crippen molar-refractivity contribution in [3.8, 4) is 0 Å². The molecular formula is C44H39N3O. The van der Waals surface area contributed by atoms with Crippen molar-refractivity contribution in [3.63, 3.8) is 0 Å². The average Bonchev–Trinajstić information content (AvgIpc) is 3.64. The van der Waals surface area contributed by atoms with Crippen LogP contribution in [0.5, 0.6) is 0 Å².